The van der Waals surface area contributed by atoms with Crippen LogP contribution < -0.4 is 4.74 Å². The summed E-state index contributed by atoms with van der Waals surface area (Å²) in [5.41, 5.74) is 0.699. The molecule has 2 rings (SSSR count). The van der Waals surface area contributed by atoms with E-state index in [4.69, 9.17) is 16.3 Å². The van der Waals surface area contributed by atoms with E-state index in [-0.39, 0.29) is 12.2 Å². The van der Waals surface area contributed by atoms with Crippen molar-refractivity contribution in [2.45, 2.75) is 6.61 Å². The van der Waals surface area contributed by atoms with Crippen LogP contribution in [0.4, 0.5) is 4.39 Å². The van der Waals surface area contributed by atoms with Gasteiger partial charge in [-0.25, -0.2) is 4.39 Å². The van der Waals surface area contributed by atoms with Crippen molar-refractivity contribution in [3.8, 4) is 5.75 Å². The summed E-state index contributed by atoms with van der Waals surface area (Å²) < 4.78 is 18.9. The van der Waals surface area contributed by atoms with Crippen LogP contribution >= 0.6 is 11.6 Å². The van der Waals surface area contributed by atoms with Crippen molar-refractivity contribution in [2.75, 3.05) is 0 Å². The van der Waals surface area contributed by atoms with Crippen molar-refractivity contribution in [3.05, 3.63) is 64.4 Å². The molecule has 0 saturated heterocycles. The van der Waals surface area contributed by atoms with Gasteiger partial charge in [0.05, 0.1) is 10.6 Å². The average Bonchev–Trinajstić information content (AvgIpc) is 2.38. The normalized spacial score (nSPS) is 10.1. The Morgan fingerprint density at radius 1 is 1.17 bits per heavy atom. The molecule has 0 atom stereocenters. The van der Waals surface area contributed by atoms with Gasteiger partial charge in [0.2, 0.25) is 0 Å². The lowest BCUT2D eigenvalue weighted by Crippen LogP contribution is -2.01. The number of para-hydroxylation sites is 1. The SMILES string of the molecule is O=Cc1ccccc1OCc1c(F)cccc1Cl. The second-order valence-electron chi connectivity index (χ2n) is 3.64. The van der Waals surface area contributed by atoms with Gasteiger partial charge < -0.3 is 4.74 Å². The zero-order valence-corrected chi connectivity index (χ0v) is 10.2. The Hall–Kier alpha value is -1.87. The molecular formula is C14H10ClFO2. The molecule has 0 spiro atoms. The van der Waals surface area contributed by atoms with E-state index >= 15 is 0 Å². The maximum absolute atomic E-state index is 13.5. The van der Waals surface area contributed by atoms with E-state index in [1.54, 1.807) is 30.3 Å². The van der Waals surface area contributed by atoms with Crippen LogP contribution in [0.2, 0.25) is 5.02 Å². The second-order valence-corrected chi connectivity index (χ2v) is 4.05. The zero-order chi connectivity index (χ0) is 13.0. The van der Waals surface area contributed by atoms with Crippen molar-refractivity contribution in [1.29, 1.82) is 0 Å². The van der Waals surface area contributed by atoms with Gasteiger partial charge in [-0.2, -0.15) is 0 Å². The van der Waals surface area contributed by atoms with Crippen molar-refractivity contribution < 1.29 is 13.9 Å². The molecule has 2 aromatic carbocycles. The Labute approximate surface area is 109 Å². The van der Waals surface area contributed by atoms with E-state index in [0.29, 0.717) is 22.6 Å². The summed E-state index contributed by atoms with van der Waals surface area (Å²) in [4.78, 5) is 10.8. The minimum atomic E-state index is -0.425. The van der Waals surface area contributed by atoms with Gasteiger partial charge in [0.25, 0.3) is 0 Å². The first kappa shape index (κ1) is 12.6. The third-order valence-electron chi connectivity index (χ3n) is 2.48. The number of carbonyl (C=O) groups is 1. The summed E-state index contributed by atoms with van der Waals surface area (Å²) in [6.07, 6.45) is 0.693. The fourth-order valence-corrected chi connectivity index (χ4v) is 1.75. The maximum Gasteiger partial charge on any atom is 0.153 e. The van der Waals surface area contributed by atoms with E-state index in [1.807, 2.05) is 0 Å². The average molecular weight is 265 g/mol. The molecule has 0 aliphatic carbocycles. The predicted molar refractivity (Wildman–Crippen MR) is 67.6 cm³/mol. The monoisotopic (exact) mass is 264 g/mol. The van der Waals surface area contributed by atoms with E-state index in [9.17, 15) is 9.18 Å². The molecule has 0 N–H and O–H groups in total. The van der Waals surface area contributed by atoms with E-state index in [2.05, 4.69) is 0 Å². The molecule has 0 saturated carbocycles. The standard InChI is InChI=1S/C14H10ClFO2/c15-12-5-3-6-13(16)11(12)9-18-14-7-2-1-4-10(14)8-17/h1-8H,9H2. The van der Waals surface area contributed by atoms with Crippen molar-refractivity contribution in [1.82, 2.24) is 0 Å². The highest BCUT2D eigenvalue weighted by Gasteiger charge is 2.09. The summed E-state index contributed by atoms with van der Waals surface area (Å²) in [5.74, 6) is -0.0158. The lowest BCUT2D eigenvalue weighted by atomic mass is 10.2. The van der Waals surface area contributed by atoms with Crippen LogP contribution in [-0.2, 0) is 6.61 Å². The van der Waals surface area contributed by atoms with Gasteiger partial charge in [-0.15, -0.1) is 0 Å². The number of ether oxygens (including phenoxy) is 1. The van der Waals surface area contributed by atoms with Gasteiger partial charge in [-0.05, 0) is 24.3 Å². The number of aldehydes is 1. The molecule has 0 amide bonds. The molecule has 2 aromatic rings. The minimum absolute atomic E-state index is 0.0175. The topological polar surface area (TPSA) is 26.3 Å². The number of carbonyl (C=O) groups excluding carboxylic acids is 1. The lowest BCUT2D eigenvalue weighted by molar-refractivity contribution is 0.111. The van der Waals surface area contributed by atoms with Crippen molar-refractivity contribution >= 4 is 17.9 Å². The molecule has 18 heavy (non-hydrogen) atoms. The molecule has 0 aromatic heterocycles. The fourth-order valence-electron chi connectivity index (χ4n) is 1.53. The highest BCUT2D eigenvalue weighted by atomic mass is 35.5. The van der Waals surface area contributed by atoms with Crippen LogP contribution in [0.3, 0.4) is 0 Å². The van der Waals surface area contributed by atoms with E-state index in [0.717, 1.165) is 0 Å². The molecule has 4 heteroatoms. The molecule has 92 valence electrons. The molecule has 2 nitrogen and oxygen atoms in total. The highest BCUT2D eigenvalue weighted by Crippen LogP contribution is 2.22. The first-order valence-electron chi connectivity index (χ1n) is 5.32. The van der Waals surface area contributed by atoms with Crippen LogP contribution in [0.1, 0.15) is 15.9 Å². The molecule has 0 aliphatic heterocycles. The molecule has 0 aliphatic rings. The minimum Gasteiger partial charge on any atom is -0.488 e. The van der Waals surface area contributed by atoms with Gasteiger partial charge in [-0.3, -0.25) is 4.79 Å². The summed E-state index contributed by atoms with van der Waals surface area (Å²) in [5, 5.41) is 0.304. The molecular weight excluding hydrogens is 255 g/mol. The Balaban J connectivity index is 2.19. The molecule has 0 unspecified atom stereocenters. The third kappa shape index (κ3) is 2.68. The summed E-state index contributed by atoms with van der Waals surface area (Å²) in [7, 11) is 0. The number of rotatable bonds is 4. The summed E-state index contributed by atoms with van der Waals surface area (Å²) >= 11 is 5.88. The van der Waals surface area contributed by atoms with Crippen LogP contribution in [-0.4, -0.2) is 6.29 Å². The molecule has 0 fully saturated rings. The number of benzene rings is 2. The lowest BCUT2D eigenvalue weighted by Gasteiger charge is -2.10. The maximum atomic E-state index is 13.5. The highest BCUT2D eigenvalue weighted by molar-refractivity contribution is 6.31. The van der Waals surface area contributed by atoms with Gasteiger partial charge in [0.15, 0.2) is 6.29 Å². The molecule has 0 heterocycles. The molecule has 0 radical (unpaired) electrons. The number of hydrogen-bond acceptors (Lipinski definition) is 2. The largest absolute Gasteiger partial charge is 0.488 e. The first-order valence-corrected chi connectivity index (χ1v) is 5.70. The van der Waals surface area contributed by atoms with Crippen molar-refractivity contribution in [3.63, 3.8) is 0 Å². The Morgan fingerprint density at radius 2 is 1.94 bits per heavy atom. The Kier molecular flexibility index (Phi) is 3.95. The van der Waals surface area contributed by atoms with Gasteiger partial charge in [0.1, 0.15) is 18.2 Å². The second kappa shape index (κ2) is 5.65. The number of hydrogen-bond donors (Lipinski definition) is 0. The first-order chi connectivity index (χ1) is 8.72. The van der Waals surface area contributed by atoms with Crippen LogP contribution in [0.5, 0.6) is 5.75 Å². The predicted octanol–water partition coefficient (Wildman–Crippen LogP) is 3.87. The molecule has 0 bridgehead atoms. The van der Waals surface area contributed by atoms with Gasteiger partial charge >= 0.3 is 0 Å². The Bertz CT molecular complexity index is 549. The summed E-state index contributed by atoms with van der Waals surface area (Å²) in [6.45, 7) is -0.0175. The van der Waals surface area contributed by atoms with Gasteiger partial charge in [-0.1, -0.05) is 29.8 Å². The van der Waals surface area contributed by atoms with Crippen molar-refractivity contribution in [2.24, 2.45) is 0 Å². The fraction of sp³-hybridized carbons (Fsp3) is 0.0714. The third-order valence-corrected chi connectivity index (χ3v) is 2.83. The summed E-state index contributed by atoms with van der Waals surface area (Å²) in [6, 6.07) is 11.2. The van der Waals surface area contributed by atoms with E-state index in [1.165, 1.54) is 12.1 Å². The van der Waals surface area contributed by atoms with Gasteiger partial charge in [0, 0.05) is 5.56 Å². The quantitative estimate of drug-likeness (QED) is 0.784. The Morgan fingerprint density at radius 3 is 2.67 bits per heavy atom. The van der Waals surface area contributed by atoms with Crippen LogP contribution in [0, 0.1) is 5.82 Å². The van der Waals surface area contributed by atoms with Crippen LogP contribution in [0.25, 0.3) is 0 Å². The van der Waals surface area contributed by atoms with Crippen LogP contribution in [0.15, 0.2) is 42.5 Å². The smallest absolute Gasteiger partial charge is 0.153 e. The zero-order valence-electron chi connectivity index (χ0n) is 9.40. The number of halogens is 2. The van der Waals surface area contributed by atoms with E-state index < -0.39 is 5.82 Å².